The standard InChI is InChI=1S/C17H23N3O4/c1-5-6-12-17(18-15(21)10-22-2)16(20-19-12)11-7-8-13(23-3)14(9-11)24-4/h7-9H,5-6,10H2,1-4H3,(H,18,21)(H,19,20). The third-order valence-corrected chi connectivity index (χ3v) is 3.54. The maximum atomic E-state index is 12.0. The van der Waals surface area contributed by atoms with Crippen molar-refractivity contribution in [3.05, 3.63) is 23.9 Å². The number of hydrogen-bond donors (Lipinski definition) is 2. The zero-order valence-corrected chi connectivity index (χ0v) is 14.4. The van der Waals surface area contributed by atoms with Gasteiger partial charge in [0.15, 0.2) is 11.5 Å². The van der Waals surface area contributed by atoms with E-state index in [9.17, 15) is 4.79 Å². The molecule has 0 radical (unpaired) electrons. The number of aromatic amines is 1. The molecule has 7 nitrogen and oxygen atoms in total. The highest BCUT2D eigenvalue weighted by Gasteiger charge is 2.18. The Morgan fingerprint density at radius 1 is 1.21 bits per heavy atom. The van der Waals surface area contributed by atoms with Crippen LogP contribution in [0.2, 0.25) is 0 Å². The van der Waals surface area contributed by atoms with Gasteiger partial charge in [-0.05, 0) is 24.6 Å². The number of hydrogen-bond acceptors (Lipinski definition) is 5. The number of amides is 1. The second-order valence-electron chi connectivity index (χ2n) is 5.23. The molecule has 0 aliphatic heterocycles. The Kier molecular flexibility index (Phi) is 6.20. The van der Waals surface area contributed by atoms with Gasteiger partial charge in [-0.2, -0.15) is 5.10 Å². The molecular formula is C17H23N3O4. The van der Waals surface area contributed by atoms with E-state index in [-0.39, 0.29) is 12.5 Å². The molecule has 2 rings (SSSR count). The summed E-state index contributed by atoms with van der Waals surface area (Å²) in [6.45, 7) is 2.06. The maximum Gasteiger partial charge on any atom is 0.250 e. The van der Waals surface area contributed by atoms with Crippen LogP contribution in [0.25, 0.3) is 11.3 Å². The zero-order valence-electron chi connectivity index (χ0n) is 14.4. The number of carbonyl (C=O) groups excluding carboxylic acids is 1. The van der Waals surface area contributed by atoms with E-state index in [0.29, 0.717) is 22.9 Å². The van der Waals surface area contributed by atoms with Crippen molar-refractivity contribution in [1.29, 1.82) is 0 Å². The molecule has 0 aliphatic rings. The van der Waals surface area contributed by atoms with Crippen molar-refractivity contribution in [2.45, 2.75) is 19.8 Å². The highest BCUT2D eigenvalue weighted by Crippen LogP contribution is 2.35. The first-order chi connectivity index (χ1) is 11.6. The Morgan fingerprint density at radius 2 is 1.96 bits per heavy atom. The molecule has 0 fully saturated rings. The summed E-state index contributed by atoms with van der Waals surface area (Å²) in [7, 11) is 4.65. The summed E-state index contributed by atoms with van der Waals surface area (Å²) in [5.74, 6) is 1.01. The number of nitrogens with zero attached hydrogens (tertiary/aromatic N) is 1. The minimum Gasteiger partial charge on any atom is -0.493 e. The van der Waals surface area contributed by atoms with Gasteiger partial charge in [0.25, 0.3) is 0 Å². The lowest BCUT2D eigenvalue weighted by atomic mass is 10.1. The number of benzene rings is 1. The summed E-state index contributed by atoms with van der Waals surface area (Å²) in [4.78, 5) is 12.0. The van der Waals surface area contributed by atoms with Crippen molar-refractivity contribution >= 4 is 11.6 Å². The molecule has 0 saturated heterocycles. The number of aryl methyl sites for hydroxylation is 1. The van der Waals surface area contributed by atoms with E-state index >= 15 is 0 Å². The fourth-order valence-electron chi connectivity index (χ4n) is 2.44. The Balaban J connectivity index is 2.44. The molecule has 0 spiro atoms. The van der Waals surface area contributed by atoms with E-state index in [1.807, 2.05) is 18.2 Å². The molecule has 2 N–H and O–H groups in total. The Hall–Kier alpha value is -2.54. The van der Waals surface area contributed by atoms with Gasteiger partial charge in [0.2, 0.25) is 5.91 Å². The fourth-order valence-corrected chi connectivity index (χ4v) is 2.44. The molecule has 0 unspecified atom stereocenters. The van der Waals surface area contributed by atoms with Gasteiger partial charge in [-0.25, -0.2) is 0 Å². The topological polar surface area (TPSA) is 85.5 Å². The van der Waals surface area contributed by atoms with Crippen LogP contribution in [0.4, 0.5) is 5.69 Å². The van der Waals surface area contributed by atoms with E-state index in [0.717, 1.165) is 24.1 Å². The summed E-state index contributed by atoms with van der Waals surface area (Å²) < 4.78 is 15.5. The number of aromatic nitrogens is 2. The molecule has 1 aromatic carbocycles. The second kappa shape index (κ2) is 8.35. The van der Waals surface area contributed by atoms with Crippen LogP contribution in [0, 0.1) is 0 Å². The van der Waals surface area contributed by atoms with Gasteiger partial charge in [0.1, 0.15) is 12.3 Å². The second-order valence-corrected chi connectivity index (χ2v) is 5.23. The van der Waals surface area contributed by atoms with E-state index in [1.165, 1.54) is 7.11 Å². The molecule has 24 heavy (non-hydrogen) atoms. The van der Waals surface area contributed by atoms with Crippen LogP contribution in [-0.2, 0) is 16.0 Å². The summed E-state index contributed by atoms with van der Waals surface area (Å²) >= 11 is 0. The van der Waals surface area contributed by atoms with Gasteiger partial charge in [0, 0.05) is 12.7 Å². The molecule has 1 heterocycles. The molecule has 130 valence electrons. The van der Waals surface area contributed by atoms with E-state index in [1.54, 1.807) is 14.2 Å². The minimum atomic E-state index is -0.224. The van der Waals surface area contributed by atoms with E-state index < -0.39 is 0 Å². The van der Waals surface area contributed by atoms with Crippen molar-refractivity contribution in [3.63, 3.8) is 0 Å². The molecule has 0 bridgehead atoms. The lowest BCUT2D eigenvalue weighted by molar-refractivity contribution is -0.119. The number of nitrogens with one attached hydrogen (secondary N) is 2. The van der Waals surface area contributed by atoms with E-state index in [2.05, 4.69) is 22.4 Å². The Labute approximate surface area is 141 Å². The first-order valence-corrected chi connectivity index (χ1v) is 7.73. The quantitative estimate of drug-likeness (QED) is 0.775. The van der Waals surface area contributed by atoms with Crippen molar-refractivity contribution in [2.75, 3.05) is 33.3 Å². The predicted octanol–water partition coefficient (Wildman–Crippen LogP) is 2.63. The van der Waals surface area contributed by atoms with Crippen LogP contribution >= 0.6 is 0 Å². The highest BCUT2D eigenvalue weighted by atomic mass is 16.5. The van der Waals surface area contributed by atoms with Crippen molar-refractivity contribution in [3.8, 4) is 22.8 Å². The van der Waals surface area contributed by atoms with Crippen molar-refractivity contribution in [1.82, 2.24) is 10.2 Å². The SMILES string of the molecule is CCCc1[nH]nc(-c2ccc(OC)c(OC)c2)c1NC(=O)COC. The third kappa shape index (κ3) is 3.86. The third-order valence-electron chi connectivity index (χ3n) is 3.54. The predicted molar refractivity (Wildman–Crippen MR) is 91.6 cm³/mol. The zero-order chi connectivity index (χ0) is 17.5. The van der Waals surface area contributed by atoms with E-state index in [4.69, 9.17) is 14.2 Å². The van der Waals surface area contributed by atoms with Crippen LogP contribution in [0.15, 0.2) is 18.2 Å². The van der Waals surface area contributed by atoms with Gasteiger partial charge in [-0.15, -0.1) is 0 Å². The first-order valence-electron chi connectivity index (χ1n) is 7.73. The average molecular weight is 333 g/mol. The number of ether oxygens (including phenoxy) is 3. The Morgan fingerprint density at radius 3 is 2.58 bits per heavy atom. The van der Waals surface area contributed by atoms with Crippen LogP contribution in [-0.4, -0.2) is 44.0 Å². The van der Waals surface area contributed by atoms with Crippen LogP contribution in [0.3, 0.4) is 0 Å². The lowest BCUT2D eigenvalue weighted by Gasteiger charge is -2.11. The van der Waals surface area contributed by atoms with Crippen molar-refractivity contribution < 1.29 is 19.0 Å². The number of H-pyrrole nitrogens is 1. The molecular weight excluding hydrogens is 310 g/mol. The summed E-state index contributed by atoms with van der Waals surface area (Å²) in [6.07, 6.45) is 1.71. The normalized spacial score (nSPS) is 10.5. The molecule has 0 atom stereocenters. The summed E-state index contributed by atoms with van der Waals surface area (Å²) in [5, 5.41) is 10.3. The molecule has 1 aromatic heterocycles. The minimum absolute atomic E-state index is 0.0118. The number of methoxy groups -OCH3 is 3. The summed E-state index contributed by atoms with van der Waals surface area (Å²) in [6, 6.07) is 5.51. The summed E-state index contributed by atoms with van der Waals surface area (Å²) in [5.41, 5.74) is 3.03. The number of carbonyl (C=O) groups is 1. The lowest BCUT2D eigenvalue weighted by Crippen LogP contribution is -2.18. The van der Waals surface area contributed by atoms with Crippen LogP contribution in [0.1, 0.15) is 19.0 Å². The van der Waals surface area contributed by atoms with Gasteiger partial charge in [0.05, 0.1) is 25.6 Å². The highest BCUT2D eigenvalue weighted by molar-refractivity contribution is 5.96. The van der Waals surface area contributed by atoms with Crippen LogP contribution < -0.4 is 14.8 Å². The average Bonchev–Trinajstić information content (AvgIpc) is 2.97. The smallest absolute Gasteiger partial charge is 0.250 e. The Bertz CT molecular complexity index is 697. The van der Waals surface area contributed by atoms with Gasteiger partial charge in [-0.3, -0.25) is 9.89 Å². The van der Waals surface area contributed by atoms with Crippen molar-refractivity contribution in [2.24, 2.45) is 0 Å². The number of rotatable bonds is 8. The molecule has 7 heteroatoms. The van der Waals surface area contributed by atoms with Gasteiger partial charge >= 0.3 is 0 Å². The largest absolute Gasteiger partial charge is 0.493 e. The number of anilines is 1. The van der Waals surface area contributed by atoms with Gasteiger partial charge in [-0.1, -0.05) is 13.3 Å². The molecule has 0 aliphatic carbocycles. The fraction of sp³-hybridized carbons (Fsp3) is 0.412. The molecule has 2 aromatic rings. The maximum absolute atomic E-state index is 12.0. The monoisotopic (exact) mass is 333 g/mol. The molecule has 1 amide bonds. The molecule has 0 saturated carbocycles. The van der Waals surface area contributed by atoms with Gasteiger partial charge < -0.3 is 19.5 Å². The van der Waals surface area contributed by atoms with Crippen LogP contribution in [0.5, 0.6) is 11.5 Å². The first kappa shape index (κ1) is 17.8.